The molecule has 1 aliphatic heterocycles. The van der Waals surface area contributed by atoms with E-state index in [0.717, 1.165) is 0 Å². The van der Waals surface area contributed by atoms with Crippen LogP contribution in [0, 0.1) is 0 Å². The zero-order valence-electron chi connectivity index (χ0n) is 9.25. The Kier molecular flexibility index (Phi) is 4.00. The van der Waals surface area contributed by atoms with E-state index in [1.54, 1.807) is 12.5 Å². The van der Waals surface area contributed by atoms with E-state index in [1.807, 2.05) is 0 Å². The maximum absolute atomic E-state index is 10.1. The molecule has 0 saturated carbocycles. The van der Waals surface area contributed by atoms with Crippen LogP contribution in [0.1, 0.15) is 6.04 Å². The van der Waals surface area contributed by atoms with E-state index in [1.165, 1.54) is 22.6 Å². The lowest BCUT2D eigenvalue weighted by atomic mass is 9.97. The molecule has 0 radical (unpaired) electrons. The van der Waals surface area contributed by atoms with Crippen molar-refractivity contribution in [1.82, 2.24) is 15.0 Å². The van der Waals surface area contributed by atoms with Crippen LogP contribution in [0.2, 0.25) is 0 Å². The van der Waals surface area contributed by atoms with Crippen LogP contribution in [-0.4, -0.2) is 66.9 Å². The van der Waals surface area contributed by atoms with Gasteiger partial charge in [0.05, 0.1) is 12.8 Å². The molecule has 1 aromatic heterocycles. The van der Waals surface area contributed by atoms with Gasteiger partial charge >= 0.3 is 0 Å². The van der Waals surface area contributed by atoms with Crippen molar-refractivity contribution in [3.63, 3.8) is 0 Å². The fourth-order valence-corrected chi connectivity index (χ4v) is 2.65. The number of aliphatic hydroxyl groups is 3. The summed E-state index contributed by atoms with van der Waals surface area (Å²) in [5, 5.41) is 36.7. The molecule has 2 rings (SSSR count). The number of hydrogen-bond donors (Lipinski definition) is 3. The number of aromatic nitrogens is 3. The molecule has 96 valence electrons. The first-order valence-electron chi connectivity index (χ1n) is 5.20. The molecule has 1 saturated heterocycles. The van der Waals surface area contributed by atoms with E-state index in [-0.39, 0.29) is 6.61 Å². The number of aliphatic hydroxyl groups excluding tert-OH is 3. The minimum absolute atomic E-state index is 0.309. The molecule has 3 N–H and O–H groups in total. The summed E-state index contributed by atoms with van der Waals surface area (Å²) < 4.78 is 6.78. The van der Waals surface area contributed by atoms with Crippen molar-refractivity contribution in [1.29, 1.82) is 0 Å². The second-order valence-electron chi connectivity index (χ2n) is 3.82. The van der Waals surface area contributed by atoms with Crippen molar-refractivity contribution < 1.29 is 20.1 Å². The molecule has 5 atom stereocenters. The third kappa shape index (κ3) is 2.31. The fourth-order valence-electron chi connectivity index (χ4n) is 1.95. The number of thioether (sulfide) groups is 1. The predicted octanol–water partition coefficient (Wildman–Crippen LogP) is -1.38. The first-order chi connectivity index (χ1) is 8.19. The number of rotatable bonds is 3. The molecule has 2 heterocycles. The Morgan fingerprint density at radius 1 is 1.41 bits per heavy atom. The van der Waals surface area contributed by atoms with Crippen LogP contribution in [0.3, 0.4) is 0 Å². The van der Waals surface area contributed by atoms with E-state index in [9.17, 15) is 10.2 Å². The Hall–Kier alpha value is -0.670. The van der Waals surface area contributed by atoms with Gasteiger partial charge in [-0.05, 0) is 6.26 Å². The molecule has 1 aromatic rings. The van der Waals surface area contributed by atoms with Crippen LogP contribution in [0.5, 0.6) is 0 Å². The standard InChI is InChI=1S/C9H15N3O4S/c1-17-9-8(15)6(12-3-2-10-11-12)7(14)5(4-13)16-9/h2-3,5-9,13-15H,4H2,1H3/t5-,6+,7+,8-,9+/m1/s1. The van der Waals surface area contributed by atoms with E-state index in [2.05, 4.69) is 10.3 Å². The van der Waals surface area contributed by atoms with Gasteiger partial charge < -0.3 is 20.1 Å². The molecule has 0 amide bonds. The Balaban J connectivity index is 2.26. The average molecular weight is 261 g/mol. The summed E-state index contributed by atoms with van der Waals surface area (Å²) in [6, 6.07) is -0.666. The van der Waals surface area contributed by atoms with E-state index < -0.39 is 29.8 Å². The third-order valence-corrected chi connectivity index (χ3v) is 3.68. The van der Waals surface area contributed by atoms with Gasteiger partial charge in [0.2, 0.25) is 0 Å². The van der Waals surface area contributed by atoms with E-state index in [0.29, 0.717) is 0 Å². The highest BCUT2D eigenvalue weighted by Crippen LogP contribution is 2.33. The fraction of sp³-hybridized carbons (Fsp3) is 0.778. The second kappa shape index (κ2) is 5.32. The first-order valence-corrected chi connectivity index (χ1v) is 6.49. The van der Waals surface area contributed by atoms with Gasteiger partial charge in [0.15, 0.2) is 0 Å². The highest BCUT2D eigenvalue weighted by molar-refractivity contribution is 7.99. The van der Waals surface area contributed by atoms with Gasteiger partial charge in [0, 0.05) is 6.20 Å². The molecule has 1 aliphatic rings. The van der Waals surface area contributed by atoms with Crippen molar-refractivity contribution in [3.8, 4) is 0 Å². The topological polar surface area (TPSA) is 101 Å². The number of hydrogen-bond acceptors (Lipinski definition) is 7. The highest BCUT2D eigenvalue weighted by Gasteiger charge is 2.45. The summed E-state index contributed by atoms with van der Waals surface area (Å²) >= 11 is 1.32. The van der Waals surface area contributed by atoms with Gasteiger partial charge in [-0.1, -0.05) is 5.21 Å². The van der Waals surface area contributed by atoms with Crippen LogP contribution in [-0.2, 0) is 4.74 Å². The van der Waals surface area contributed by atoms with Gasteiger partial charge in [-0.2, -0.15) is 0 Å². The summed E-state index contributed by atoms with van der Waals surface area (Å²) in [7, 11) is 0. The summed E-state index contributed by atoms with van der Waals surface area (Å²) in [6.45, 7) is -0.309. The zero-order chi connectivity index (χ0) is 12.4. The van der Waals surface area contributed by atoms with Crippen molar-refractivity contribution in [2.24, 2.45) is 0 Å². The van der Waals surface area contributed by atoms with Crippen molar-refractivity contribution in [3.05, 3.63) is 12.4 Å². The molecule has 1 fully saturated rings. The molecule has 0 bridgehead atoms. The van der Waals surface area contributed by atoms with Crippen molar-refractivity contribution >= 4 is 11.8 Å². The minimum Gasteiger partial charge on any atom is -0.394 e. The quantitative estimate of drug-likeness (QED) is 0.616. The van der Waals surface area contributed by atoms with Gasteiger partial charge in [-0.3, -0.25) is 0 Å². The summed E-state index contributed by atoms with van der Waals surface area (Å²) in [4.78, 5) is 0. The molecular weight excluding hydrogens is 246 g/mol. The Morgan fingerprint density at radius 3 is 2.71 bits per heavy atom. The Morgan fingerprint density at radius 2 is 2.18 bits per heavy atom. The van der Waals surface area contributed by atoms with Crippen LogP contribution in [0.4, 0.5) is 0 Å². The van der Waals surface area contributed by atoms with Gasteiger partial charge in [0.25, 0.3) is 0 Å². The monoisotopic (exact) mass is 261 g/mol. The lowest BCUT2D eigenvalue weighted by Gasteiger charge is -2.41. The van der Waals surface area contributed by atoms with Crippen LogP contribution in [0.25, 0.3) is 0 Å². The first kappa shape index (κ1) is 12.8. The maximum Gasteiger partial charge on any atom is 0.131 e. The molecule has 0 aliphatic carbocycles. The summed E-state index contributed by atoms with van der Waals surface area (Å²) in [5.74, 6) is 0. The summed E-state index contributed by atoms with van der Waals surface area (Å²) in [5.41, 5.74) is -0.509. The molecule has 0 aromatic carbocycles. The molecule has 17 heavy (non-hydrogen) atoms. The maximum atomic E-state index is 10.1. The van der Waals surface area contributed by atoms with Gasteiger partial charge in [-0.15, -0.1) is 16.9 Å². The molecule has 0 unspecified atom stereocenters. The average Bonchev–Trinajstić information content (AvgIpc) is 2.83. The van der Waals surface area contributed by atoms with Crippen LogP contribution >= 0.6 is 11.8 Å². The van der Waals surface area contributed by atoms with Gasteiger partial charge in [-0.25, -0.2) is 4.68 Å². The SMILES string of the molecule is CS[C@@H]1O[C@H](CO)[C@H](O)[C@H](n2ccnn2)[C@H]1O. The second-order valence-corrected chi connectivity index (χ2v) is 4.75. The zero-order valence-corrected chi connectivity index (χ0v) is 10.1. The van der Waals surface area contributed by atoms with E-state index in [4.69, 9.17) is 9.84 Å². The Bertz CT molecular complexity index is 334. The number of nitrogens with zero attached hydrogens (tertiary/aromatic N) is 3. The van der Waals surface area contributed by atoms with Crippen LogP contribution in [0.15, 0.2) is 12.4 Å². The Labute approximate surface area is 102 Å². The van der Waals surface area contributed by atoms with Crippen LogP contribution < -0.4 is 0 Å². The van der Waals surface area contributed by atoms with E-state index >= 15 is 0 Å². The lowest BCUT2D eigenvalue weighted by molar-refractivity contribution is -0.178. The minimum atomic E-state index is -1.03. The molecular formula is C9H15N3O4S. The third-order valence-electron chi connectivity index (χ3n) is 2.83. The van der Waals surface area contributed by atoms with Crippen molar-refractivity contribution in [2.75, 3.05) is 12.9 Å². The summed E-state index contributed by atoms with van der Waals surface area (Å²) in [6.07, 6.45) is 2.15. The molecule has 7 nitrogen and oxygen atoms in total. The molecule has 8 heteroatoms. The lowest BCUT2D eigenvalue weighted by Crippen LogP contribution is -2.54. The van der Waals surface area contributed by atoms with Gasteiger partial charge in [0.1, 0.15) is 29.8 Å². The largest absolute Gasteiger partial charge is 0.394 e. The molecule has 0 spiro atoms. The number of ether oxygens (including phenoxy) is 1. The highest BCUT2D eigenvalue weighted by atomic mass is 32.2. The normalized spacial score (nSPS) is 38.2. The predicted molar refractivity (Wildman–Crippen MR) is 60.3 cm³/mol. The smallest absolute Gasteiger partial charge is 0.131 e. The van der Waals surface area contributed by atoms with Crippen molar-refractivity contribution in [2.45, 2.75) is 29.8 Å².